The normalized spacial score (nSPS) is 13.1. The third kappa shape index (κ3) is 5.03. The third-order valence-electron chi connectivity index (χ3n) is 5.04. The highest BCUT2D eigenvalue weighted by Gasteiger charge is 2.27. The van der Waals surface area contributed by atoms with Gasteiger partial charge in [0.1, 0.15) is 11.8 Å². The number of ether oxygens (including phenoxy) is 3. The predicted octanol–water partition coefficient (Wildman–Crippen LogP) is 3.11. The standard InChI is InChI=1S/C23H28N2O5/c1-15(2)23(27)25(13-17-5-8-19(28-4)9-6-17)16(3)22(26)24-12-18-7-10-20-21(11-18)30-14-29-20/h5-11,15-16H,12-14H2,1-4H3,(H,24,26)/t16-/m0/s1. The van der Waals surface area contributed by atoms with Gasteiger partial charge in [0.25, 0.3) is 0 Å². The van der Waals surface area contributed by atoms with Crippen molar-refractivity contribution in [2.75, 3.05) is 13.9 Å². The van der Waals surface area contributed by atoms with Crippen molar-refractivity contribution in [1.29, 1.82) is 0 Å². The second-order valence-corrected chi connectivity index (χ2v) is 7.55. The lowest BCUT2D eigenvalue weighted by Crippen LogP contribution is -2.48. The van der Waals surface area contributed by atoms with Crippen LogP contribution in [0, 0.1) is 5.92 Å². The van der Waals surface area contributed by atoms with E-state index >= 15 is 0 Å². The SMILES string of the molecule is COc1ccc(CN(C(=O)C(C)C)[C@@H](C)C(=O)NCc2ccc3c(c2)OCO3)cc1. The Morgan fingerprint density at radius 1 is 1.03 bits per heavy atom. The van der Waals surface area contributed by atoms with Crippen LogP contribution in [0.3, 0.4) is 0 Å². The van der Waals surface area contributed by atoms with Gasteiger partial charge in [-0.3, -0.25) is 9.59 Å². The van der Waals surface area contributed by atoms with Crippen LogP contribution in [0.4, 0.5) is 0 Å². The van der Waals surface area contributed by atoms with Crippen molar-refractivity contribution < 1.29 is 23.8 Å². The zero-order chi connectivity index (χ0) is 21.7. The lowest BCUT2D eigenvalue weighted by atomic mass is 10.1. The average molecular weight is 412 g/mol. The van der Waals surface area contributed by atoms with Crippen LogP contribution < -0.4 is 19.5 Å². The number of nitrogens with zero attached hydrogens (tertiary/aromatic N) is 1. The maximum atomic E-state index is 12.8. The van der Waals surface area contributed by atoms with Gasteiger partial charge in [-0.05, 0) is 42.3 Å². The smallest absolute Gasteiger partial charge is 0.242 e. The first-order valence-electron chi connectivity index (χ1n) is 9.98. The number of hydrogen-bond donors (Lipinski definition) is 1. The molecule has 1 aliphatic rings. The van der Waals surface area contributed by atoms with E-state index in [1.807, 2.05) is 56.3 Å². The fraction of sp³-hybridized carbons (Fsp3) is 0.391. The van der Waals surface area contributed by atoms with Crippen LogP contribution in [0.5, 0.6) is 17.2 Å². The zero-order valence-electron chi connectivity index (χ0n) is 17.8. The molecular weight excluding hydrogens is 384 g/mol. The Morgan fingerprint density at radius 2 is 1.70 bits per heavy atom. The highest BCUT2D eigenvalue weighted by molar-refractivity contribution is 5.88. The molecule has 0 bridgehead atoms. The van der Waals surface area contributed by atoms with Crippen LogP contribution in [-0.2, 0) is 22.7 Å². The summed E-state index contributed by atoms with van der Waals surface area (Å²) in [6, 6.07) is 12.4. The summed E-state index contributed by atoms with van der Waals surface area (Å²) < 4.78 is 15.9. The highest BCUT2D eigenvalue weighted by Crippen LogP contribution is 2.32. The molecule has 30 heavy (non-hydrogen) atoms. The lowest BCUT2D eigenvalue weighted by molar-refractivity contribution is -0.143. The van der Waals surface area contributed by atoms with Crippen molar-refractivity contribution in [3.05, 3.63) is 53.6 Å². The molecule has 0 spiro atoms. The molecule has 1 N–H and O–H groups in total. The Balaban J connectivity index is 1.67. The van der Waals surface area contributed by atoms with E-state index in [4.69, 9.17) is 14.2 Å². The molecule has 0 unspecified atom stereocenters. The van der Waals surface area contributed by atoms with Crippen LogP contribution in [0.15, 0.2) is 42.5 Å². The minimum absolute atomic E-state index is 0.0726. The number of fused-ring (bicyclic) bond motifs is 1. The zero-order valence-corrected chi connectivity index (χ0v) is 17.8. The average Bonchev–Trinajstić information content (AvgIpc) is 3.23. The quantitative estimate of drug-likeness (QED) is 0.721. The second-order valence-electron chi connectivity index (χ2n) is 7.55. The summed E-state index contributed by atoms with van der Waals surface area (Å²) in [4.78, 5) is 27.3. The molecule has 2 aromatic rings. The van der Waals surface area contributed by atoms with Gasteiger partial charge < -0.3 is 24.4 Å². The van der Waals surface area contributed by atoms with Gasteiger partial charge in [-0.15, -0.1) is 0 Å². The van der Waals surface area contributed by atoms with Crippen molar-refractivity contribution in [3.63, 3.8) is 0 Å². The number of rotatable bonds is 8. The molecule has 1 heterocycles. The van der Waals surface area contributed by atoms with E-state index < -0.39 is 6.04 Å². The van der Waals surface area contributed by atoms with Crippen molar-refractivity contribution >= 4 is 11.8 Å². The van der Waals surface area contributed by atoms with Crippen molar-refractivity contribution in [2.24, 2.45) is 5.92 Å². The first kappa shape index (κ1) is 21.5. The first-order valence-corrected chi connectivity index (χ1v) is 9.98. The third-order valence-corrected chi connectivity index (χ3v) is 5.04. The maximum absolute atomic E-state index is 12.8. The number of hydrogen-bond acceptors (Lipinski definition) is 5. The lowest BCUT2D eigenvalue weighted by Gasteiger charge is -2.30. The molecule has 0 saturated carbocycles. The molecule has 160 valence electrons. The summed E-state index contributed by atoms with van der Waals surface area (Å²) >= 11 is 0. The summed E-state index contributed by atoms with van der Waals surface area (Å²) in [6.45, 7) is 6.31. The van der Waals surface area contributed by atoms with Gasteiger partial charge in [0.2, 0.25) is 18.6 Å². The molecule has 1 aliphatic heterocycles. The Hall–Kier alpha value is -3.22. The van der Waals surface area contributed by atoms with Crippen LogP contribution in [0.25, 0.3) is 0 Å². The molecule has 3 rings (SSSR count). The summed E-state index contributed by atoms with van der Waals surface area (Å²) in [5.74, 6) is 1.62. The Morgan fingerprint density at radius 3 is 2.37 bits per heavy atom. The van der Waals surface area contributed by atoms with E-state index in [0.717, 1.165) is 16.9 Å². The van der Waals surface area contributed by atoms with Gasteiger partial charge >= 0.3 is 0 Å². The molecular formula is C23H28N2O5. The Bertz CT molecular complexity index is 895. The summed E-state index contributed by atoms with van der Waals surface area (Å²) in [6.07, 6.45) is 0. The molecule has 7 nitrogen and oxygen atoms in total. The number of benzene rings is 2. The molecule has 0 fully saturated rings. The van der Waals surface area contributed by atoms with Gasteiger partial charge in [0, 0.05) is 19.0 Å². The Kier molecular flexibility index (Phi) is 6.82. The van der Waals surface area contributed by atoms with Crippen LogP contribution in [-0.4, -0.2) is 36.7 Å². The van der Waals surface area contributed by atoms with E-state index in [0.29, 0.717) is 24.6 Å². The maximum Gasteiger partial charge on any atom is 0.242 e. The summed E-state index contributed by atoms with van der Waals surface area (Å²) in [7, 11) is 1.61. The second kappa shape index (κ2) is 9.52. The predicted molar refractivity (Wildman–Crippen MR) is 112 cm³/mol. The van der Waals surface area contributed by atoms with E-state index in [1.165, 1.54) is 0 Å². The molecule has 1 atom stereocenters. The highest BCUT2D eigenvalue weighted by atomic mass is 16.7. The van der Waals surface area contributed by atoms with Crippen LogP contribution in [0.1, 0.15) is 31.9 Å². The van der Waals surface area contributed by atoms with Crippen LogP contribution >= 0.6 is 0 Å². The van der Waals surface area contributed by atoms with Crippen molar-refractivity contribution in [2.45, 2.75) is 39.9 Å². The topological polar surface area (TPSA) is 77.1 Å². The fourth-order valence-corrected chi connectivity index (χ4v) is 3.19. The molecule has 7 heteroatoms. The van der Waals surface area contributed by atoms with E-state index in [2.05, 4.69) is 5.32 Å². The number of methoxy groups -OCH3 is 1. The molecule has 2 amide bonds. The van der Waals surface area contributed by atoms with Gasteiger partial charge in [-0.25, -0.2) is 0 Å². The molecule has 0 aromatic heterocycles. The van der Waals surface area contributed by atoms with E-state index in [1.54, 1.807) is 18.9 Å². The number of nitrogens with one attached hydrogen (secondary N) is 1. The monoisotopic (exact) mass is 412 g/mol. The largest absolute Gasteiger partial charge is 0.497 e. The van der Waals surface area contributed by atoms with E-state index in [-0.39, 0.29) is 24.5 Å². The number of amides is 2. The fourth-order valence-electron chi connectivity index (χ4n) is 3.19. The molecule has 0 saturated heterocycles. The molecule has 0 radical (unpaired) electrons. The van der Waals surface area contributed by atoms with E-state index in [9.17, 15) is 9.59 Å². The van der Waals surface area contributed by atoms with Gasteiger partial charge in [0.15, 0.2) is 11.5 Å². The van der Waals surface area contributed by atoms with Gasteiger partial charge in [0.05, 0.1) is 7.11 Å². The van der Waals surface area contributed by atoms with Crippen molar-refractivity contribution in [1.82, 2.24) is 10.2 Å². The molecule has 0 aliphatic carbocycles. The van der Waals surface area contributed by atoms with Crippen molar-refractivity contribution in [3.8, 4) is 17.2 Å². The minimum atomic E-state index is -0.615. The van der Waals surface area contributed by atoms with Gasteiger partial charge in [-0.1, -0.05) is 32.0 Å². The minimum Gasteiger partial charge on any atom is -0.497 e. The first-order chi connectivity index (χ1) is 14.4. The Labute approximate surface area is 176 Å². The summed E-state index contributed by atoms with van der Waals surface area (Å²) in [5.41, 5.74) is 1.83. The van der Waals surface area contributed by atoms with Crippen LogP contribution in [0.2, 0.25) is 0 Å². The number of carbonyl (C=O) groups is 2. The summed E-state index contributed by atoms with van der Waals surface area (Å²) in [5, 5.41) is 2.92. The number of carbonyl (C=O) groups excluding carboxylic acids is 2. The molecule has 2 aromatic carbocycles. The van der Waals surface area contributed by atoms with Gasteiger partial charge in [-0.2, -0.15) is 0 Å².